The van der Waals surface area contributed by atoms with Crippen molar-refractivity contribution >= 4 is 5.91 Å². The van der Waals surface area contributed by atoms with Gasteiger partial charge in [0.1, 0.15) is 0 Å². The Kier molecular flexibility index (Phi) is 3.08. The topological polar surface area (TPSA) is 32.3 Å². The van der Waals surface area contributed by atoms with Gasteiger partial charge in [-0.2, -0.15) is 0 Å². The quantitative estimate of drug-likeness (QED) is 0.817. The Hall–Kier alpha value is -1.35. The van der Waals surface area contributed by atoms with Gasteiger partial charge in [0.05, 0.1) is 5.92 Å². The largest absolute Gasteiger partial charge is 0.342 e. The van der Waals surface area contributed by atoms with Crippen LogP contribution in [0.25, 0.3) is 0 Å². The van der Waals surface area contributed by atoms with Crippen LogP contribution in [-0.2, 0) is 11.3 Å². The van der Waals surface area contributed by atoms with E-state index in [9.17, 15) is 4.79 Å². The molecule has 1 atom stereocenters. The molecule has 2 aliphatic heterocycles. The van der Waals surface area contributed by atoms with Crippen LogP contribution in [0.4, 0.5) is 0 Å². The van der Waals surface area contributed by atoms with E-state index >= 15 is 0 Å². The van der Waals surface area contributed by atoms with Crippen LogP contribution in [0, 0.1) is 6.92 Å². The van der Waals surface area contributed by atoms with Crippen molar-refractivity contribution in [3.05, 3.63) is 34.9 Å². The van der Waals surface area contributed by atoms with Gasteiger partial charge in [-0.1, -0.05) is 18.2 Å². The number of carbonyl (C=O) groups is 1. The molecular weight excluding hydrogens is 224 g/mol. The first-order chi connectivity index (χ1) is 8.77. The smallest absolute Gasteiger partial charge is 0.231 e. The third-order valence-corrected chi connectivity index (χ3v) is 4.19. The molecule has 1 fully saturated rings. The van der Waals surface area contributed by atoms with E-state index in [0.29, 0.717) is 5.91 Å². The van der Waals surface area contributed by atoms with Crippen LogP contribution in [-0.4, -0.2) is 30.4 Å². The summed E-state index contributed by atoms with van der Waals surface area (Å²) in [7, 11) is 0. The summed E-state index contributed by atoms with van der Waals surface area (Å²) in [6.07, 6.45) is 2.32. The molecule has 0 saturated carbocycles. The molecule has 0 spiro atoms. The number of nitrogens with zero attached hydrogens (tertiary/aromatic N) is 1. The van der Waals surface area contributed by atoms with Crippen molar-refractivity contribution in [2.24, 2.45) is 0 Å². The summed E-state index contributed by atoms with van der Waals surface area (Å²) in [4.78, 5) is 14.6. The van der Waals surface area contributed by atoms with Crippen molar-refractivity contribution in [2.75, 3.05) is 19.6 Å². The normalized spacial score (nSPS) is 22.9. The zero-order valence-corrected chi connectivity index (χ0v) is 10.9. The Labute approximate surface area is 108 Å². The van der Waals surface area contributed by atoms with Crippen LogP contribution in [0.2, 0.25) is 0 Å². The number of carbonyl (C=O) groups excluding carboxylic acids is 1. The van der Waals surface area contributed by atoms with Gasteiger partial charge in [0, 0.05) is 26.2 Å². The summed E-state index contributed by atoms with van der Waals surface area (Å²) in [6.45, 7) is 5.69. The average Bonchev–Trinajstić information content (AvgIpc) is 2.92. The van der Waals surface area contributed by atoms with Crippen molar-refractivity contribution in [1.29, 1.82) is 0 Å². The summed E-state index contributed by atoms with van der Waals surface area (Å²) < 4.78 is 0. The van der Waals surface area contributed by atoms with E-state index in [1.165, 1.54) is 16.7 Å². The zero-order valence-electron chi connectivity index (χ0n) is 10.9. The molecule has 0 radical (unpaired) electrons. The number of nitrogens with one attached hydrogen (secondary N) is 1. The van der Waals surface area contributed by atoms with Gasteiger partial charge < -0.3 is 10.2 Å². The second-order valence-corrected chi connectivity index (χ2v) is 5.36. The minimum absolute atomic E-state index is 0.0201. The fourth-order valence-electron chi connectivity index (χ4n) is 3.12. The average molecular weight is 244 g/mol. The van der Waals surface area contributed by atoms with Crippen LogP contribution in [0.15, 0.2) is 18.2 Å². The molecule has 0 aliphatic carbocycles. The maximum absolute atomic E-state index is 12.6. The molecule has 1 N–H and O–H groups in total. The lowest BCUT2D eigenvalue weighted by Crippen LogP contribution is -2.40. The lowest BCUT2D eigenvalue weighted by molar-refractivity contribution is -0.131. The lowest BCUT2D eigenvalue weighted by Gasteiger charge is -2.30. The number of hydrogen-bond donors (Lipinski definition) is 1. The third kappa shape index (κ3) is 1.93. The van der Waals surface area contributed by atoms with E-state index in [2.05, 4.69) is 30.4 Å². The number of likely N-dealkylation sites (tertiary alicyclic amines) is 1. The number of amides is 1. The van der Waals surface area contributed by atoms with Crippen LogP contribution in [0.1, 0.15) is 35.4 Å². The Morgan fingerprint density at radius 1 is 1.33 bits per heavy atom. The van der Waals surface area contributed by atoms with Crippen molar-refractivity contribution in [2.45, 2.75) is 32.2 Å². The van der Waals surface area contributed by atoms with Crippen LogP contribution in [0.3, 0.4) is 0 Å². The highest BCUT2D eigenvalue weighted by atomic mass is 16.2. The van der Waals surface area contributed by atoms with Gasteiger partial charge in [0.2, 0.25) is 5.91 Å². The van der Waals surface area contributed by atoms with Crippen molar-refractivity contribution < 1.29 is 4.79 Å². The first-order valence-electron chi connectivity index (χ1n) is 6.85. The Morgan fingerprint density at radius 3 is 2.89 bits per heavy atom. The Balaban J connectivity index is 1.91. The molecular formula is C15H20N2O. The van der Waals surface area contributed by atoms with E-state index in [4.69, 9.17) is 0 Å². The van der Waals surface area contributed by atoms with E-state index in [1.807, 2.05) is 4.90 Å². The van der Waals surface area contributed by atoms with Gasteiger partial charge in [-0.25, -0.2) is 0 Å². The highest BCUT2D eigenvalue weighted by Crippen LogP contribution is 2.28. The minimum Gasteiger partial charge on any atom is -0.342 e. The first kappa shape index (κ1) is 11.7. The zero-order chi connectivity index (χ0) is 12.5. The molecule has 1 aromatic rings. The van der Waals surface area contributed by atoms with Crippen molar-refractivity contribution in [3.63, 3.8) is 0 Å². The second kappa shape index (κ2) is 4.73. The van der Waals surface area contributed by atoms with Gasteiger partial charge in [-0.05, 0) is 36.5 Å². The van der Waals surface area contributed by atoms with E-state index in [1.54, 1.807) is 0 Å². The molecule has 2 aliphatic rings. The summed E-state index contributed by atoms with van der Waals surface area (Å²) >= 11 is 0. The van der Waals surface area contributed by atoms with Gasteiger partial charge in [0.15, 0.2) is 0 Å². The molecule has 2 heterocycles. The summed E-state index contributed by atoms with van der Waals surface area (Å²) in [6, 6.07) is 6.33. The number of benzene rings is 1. The second-order valence-electron chi connectivity index (χ2n) is 5.36. The third-order valence-electron chi connectivity index (χ3n) is 4.19. The van der Waals surface area contributed by atoms with Crippen molar-refractivity contribution in [3.8, 4) is 0 Å². The van der Waals surface area contributed by atoms with Gasteiger partial charge in [0.25, 0.3) is 0 Å². The Morgan fingerprint density at radius 2 is 2.11 bits per heavy atom. The fraction of sp³-hybridized carbons (Fsp3) is 0.533. The lowest BCUT2D eigenvalue weighted by atomic mass is 9.87. The molecule has 0 aromatic heterocycles. The molecule has 96 valence electrons. The summed E-state index contributed by atoms with van der Waals surface area (Å²) in [5.41, 5.74) is 3.85. The molecule has 3 nitrogen and oxygen atoms in total. The summed E-state index contributed by atoms with van der Waals surface area (Å²) in [5.74, 6) is 0.332. The van der Waals surface area contributed by atoms with Gasteiger partial charge >= 0.3 is 0 Å². The number of fused-ring (bicyclic) bond motifs is 1. The highest BCUT2D eigenvalue weighted by molar-refractivity contribution is 5.85. The summed E-state index contributed by atoms with van der Waals surface area (Å²) in [5, 5.41) is 3.39. The molecule has 1 aromatic carbocycles. The fourth-order valence-corrected chi connectivity index (χ4v) is 3.12. The first-order valence-corrected chi connectivity index (χ1v) is 6.85. The maximum atomic E-state index is 12.6. The van der Waals surface area contributed by atoms with Gasteiger partial charge in [-0.15, -0.1) is 0 Å². The maximum Gasteiger partial charge on any atom is 0.231 e. The predicted molar refractivity (Wildman–Crippen MR) is 71.4 cm³/mol. The standard InChI is InChI=1S/C15H20N2O/c1-11-5-4-6-12-13(11)9-16-10-14(12)15(18)17-7-2-3-8-17/h4-6,14,16H,2-3,7-10H2,1H3. The molecule has 3 rings (SSSR count). The predicted octanol–water partition coefficient (Wildman–Crippen LogP) is 1.80. The van der Waals surface area contributed by atoms with Crippen LogP contribution < -0.4 is 5.32 Å². The minimum atomic E-state index is 0.0201. The number of hydrogen-bond acceptors (Lipinski definition) is 2. The van der Waals surface area contributed by atoms with E-state index in [0.717, 1.165) is 39.0 Å². The molecule has 1 amide bonds. The molecule has 18 heavy (non-hydrogen) atoms. The molecule has 1 saturated heterocycles. The van der Waals surface area contributed by atoms with Crippen molar-refractivity contribution in [1.82, 2.24) is 10.2 Å². The van der Waals surface area contributed by atoms with Crippen LogP contribution in [0.5, 0.6) is 0 Å². The SMILES string of the molecule is Cc1cccc2c1CNCC2C(=O)N1CCCC1. The molecule has 1 unspecified atom stereocenters. The monoisotopic (exact) mass is 244 g/mol. The van der Waals surface area contributed by atoms with Gasteiger partial charge in [-0.3, -0.25) is 4.79 Å². The Bertz CT molecular complexity index is 464. The van der Waals surface area contributed by atoms with E-state index < -0.39 is 0 Å². The van der Waals surface area contributed by atoms with E-state index in [-0.39, 0.29) is 5.92 Å². The highest BCUT2D eigenvalue weighted by Gasteiger charge is 2.31. The number of aryl methyl sites for hydroxylation is 1. The van der Waals surface area contributed by atoms with Crippen LogP contribution >= 0.6 is 0 Å². The number of rotatable bonds is 1. The molecule has 0 bridgehead atoms. The molecule has 3 heteroatoms.